The zero-order chi connectivity index (χ0) is 14.0. The first kappa shape index (κ1) is 17.2. The van der Waals surface area contributed by atoms with Gasteiger partial charge < -0.3 is 5.73 Å². The zero-order valence-corrected chi connectivity index (χ0v) is 12.8. The maximum atomic E-state index is 7.79. The molecule has 0 amide bonds. The Bertz CT molecular complexity index is 252. The van der Waals surface area contributed by atoms with Crippen LogP contribution in [0.4, 0.5) is 0 Å². The summed E-state index contributed by atoms with van der Waals surface area (Å²) in [5.74, 6) is 0.661. The summed E-state index contributed by atoms with van der Waals surface area (Å²) in [6.45, 7) is 8.76. The van der Waals surface area contributed by atoms with E-state index in [2.05, 4.69) is 27.7 Å². The fraction of sp³-hybridized carbons (Fsp3) is 0.812. The van der Waals surface area contributed by atoms with E-state index in [0.29, 0.717) is 5.92 Å². The first-order valence-electron chi connectivity index (χ1n) is 7.60. The van der Waals surface area contributed by atoms with Crippen LogP contribution >= 0.6 is 0 Å². The monoisotopic (exact) mass is 252 g/mol. The van der Waals surface area contributed by atoms with Crippen molar-refractivity contribution in [2.24, 2.45) is 11.7 Å². The number of unbranched alkanes of at least 4 members (excludes halogenated alkanes) is 4. The lowest BCUT2D eigenvalue weighted by atomic mass is 9.89. The first-order valence-corrected chi connectivity index (χ1v) is 7.60. The molecule has 0 aromatic rings. The molecule has 0 aliphatic carbocycles. The van der Waals surface area contributed by atoms with Gasteiger partial charge in [-0.15, -0.1) is 0 Å². The van der Waals surface area contributed by atoms with Crippen LogP contribution in [0.15, 0.2) is 11.1 Å². The maximum absolute atomic E-state index is 7.79. The fourth-order valence-electron chi connectivity index (χ4n) is 2.48. The van der Waals surface area contributed by atoms with Crippen LogP contribution in [-0.4, -0.2) is 5.84 Å². The van der Waals surface area contributed by atoms with Crippen LogP contribution in [0.25, 0.3) is 0 Å². The van der Waals surface area contributed by atoms with E-state index >= 15 is 0 Å². The molecule has 0 aromatic heterocycles. The van der Waals surface area contributed by atoms with Crippen LogP contribution in [0.5, 0.6) is 0 Å². The quantitative estimate of drug-likeness (QED) is 0.319. The highest BCUT2D eigenvalue weighted by Gasteiger charge is 2.13. The van der Waals surface area contributed by atoms with Crippen LogP contribution in [-0.2, 0) is 0 Å². The SMILES string of the molecule is CCCCCC(CCCCC)=C(C(=N)N)C(C)C. The predicted molar refractivity (Wildman–Crippen MR) is 82.1 cm³/mol. The summed E-state index contributed by atoms with van der Waals surface area (Å²) in [5, 5.41) is 7.79. The smallest absolute Gasteiger partial charge is 0.118 e. The number of nitrogens with two attached hydrogens (primary N) is 1. The van der Waals surface area contributed by atoms with Crippen LogP contribution in [0, 0.1) is 11.3 Å². The molecule has 0 spiro atoms. The Balaban J connectivity index is 4.76. The molecule has 2 nitrogen and oxygen atoms in total. The van der Waals surface area contributed by atoms with Gasteiger partial charge in [-0.3, -0.25) is 5.41 Å². The van der Waals surface area contributed by atoms with Crippen molar-refractivity contribution in [1.29, 1.82) is 5.41 Å². The number of hydrogen-bond donors (Lipinski definition) is 2. The molecule has 18 heavy (non-hydrogen) atoms. The summed E-state index contributed by atoms with van der Waals surface area (Å²) in [6, 6.07) is 0. The molecule has 0 radical (unpaired) electrons. The van der Waals surface area contributed by atoms with E-state index in [-0.39, 0.29) is 5.84 Å². The van der Waals surface area contributed by atoms with Gasteiger partial charge in [0.2, 0.25) is 0 Å². The Morgan fingerprint density at radius 1 is 0.944 bits per heavy atom. The van der Waals surface area contributed by atoms with E-state index in [4.69, 9.17) is 11.1 Å². The first-order chi connectivity index (χ1) is 8.54. The number of rotatable bonds is 10. The molecule has 2 heteroatoms. The van der Waals surface area contributed by atoms with Crippen LogP contribution in [0.2, 0.25) is 0 Å². The molecule has 0 fully saturated rings. The lowest BCUT2D eigenvalue weighted by Gasteiger charge is -2.18. The van der Waals surface area contributed by atoms with Crippen LogP contribution in [0.1, 0.15) is 79.1 Å². The fourth-order valence-corrected chi connectivity index (χ4v) is 2.48. The summed E-state index contributed by atoms with van der Waals surface area (Å²) < 4.78 is 0. The molecule has 0 aliphatic rings. The Hall–Kier alpha value is -0.790. The van der Waals surface area contributed by atoms with Gasteiger partial charge in [0.15, 0.2) is 0 Å². The molecule has 0 aromatic carbocycles. The second-order valence-electron chi connectivity index (χ2n) is 5.50. The summed E-state index contributed by atoms with van der Waals surface area (Å²) >= 11 is 0. The molecule has 0 saturated carbocycles. The third kappa shape index (κ3) is 6.83. The molecule has 0 heterocycles. The predicted octanol–water partition coefficient (Wildman–Crippen LogP) is 5.04. The summed E-state index contributed by atoms with van der Waals surface area (Å²) in [5.41, 5.74) is 8.33. The van der Waals surface area contributed by atoms with Gasteiger partial charge >= 0.3 is 0 Å². The highest BCUT2D eigenvalue weighted by molar-refractivity contribution is 5.95. The van der Waals surface area contributed by atoms with Gasteiger partial charge in [-0.1, -0.05) is 59.0 Å². The zero-order valence-electron chi connectivity index (χ0n) is 12.8. The molecule has 3 N–H and O–H groups in total. The normalized spacial score (nSPS) is 10.7. The Morgan fingerprint density at radius 3 is 1.67 bits per heavy atom. The second-order valence-corrected chi connectivity index (χ2v) is 5.50. The van der Waals surface area contributed by atoms with Crippen LogP contribution in [0.3, 0.4) is 0 Å². The lowest BCUT2D eigenvalue weighted by Crippen LogP contribution is -2.19. The minimum absolute atomic E-state index is 0.285. The van der Waals surface area contributed by atoms with Gasteiger partial charge in [0.25, 0.3) is 0 Å². The van der Waals surface area contributed by atoms with E-state index in [1.165, 1.54) is 44.1 Å². The van der Waals surface area contributed by atoms with Crippen LogP contribution < -0.4 is 5.73 Å². The molecule has 0 atom stereocenters. The van der Waals surface area contributed by atoms with E-state index in [9.17, 15) is 0 Å². The molecule has 0 aliphatic heterocycles. The van der Waals surface area contributed by atoms with Crippen molar-refractivity contribution in [1.82, 2.24) is 0 Å². The van der Waals surface area contributed by atoms with E-state index in [1.807, 2.05) is 0 Å². The van der Waals surface area contributed by atoms with E-state index in [1.54, 1.807) is 0 Å². The highest BCUT2D eigenvalue weighted by Crippen LogP contribution is 2.24. The largest absolute Gasteiger partial charge is 0.384 e. The van der Waals surface area contributed by atoms with Gasteiger partial charge in [0, 0.05) is 0 Å². The van der Waals surface area contributed by atoms with Crippen molar-refractivity contribution >= 4 is 5.84 Å². The van der Waals surface area contributed by atoms with E-state index < -0.39 is 0 Å². The number of hydrogen-bond acceptors (Lipinski definition) is 1. The Kier molecular flexibility index (Phi) is 9.72. The van der Waals surface area contributed by atoms with Gasteiger partial charge in [-0.25, -0.2) is 0 Å². The number of nitrogens with one attached hydrogen (secondary N) is 1. The van der Waals surface area contributed by atoms with Crippen molar-refractivity contribution in [2.45, 2.75) is 79.1 Å². The summed E-state index contributed by atoms with van der Waals surface area (Å²) in [4.78, 5) is 0. The summed E-state index contributed by atoms with van der Waals surface area (Å²) in [7, 11) is 0. The minimum Gasteiger partial charge on any atom is -0.384 e. The molecule has 0 unspecified atom stereocenters. The molecule has 0 rings (SSSR count). The standard InChI is InChI=1S/C16H32N2/c1-5-7-9-11-14(12-10-8-6-2)15(13(3)4)16(17)18/h13H,5-12H2,1-4H3,(H3,17,18). The van der Waals surface area contributed by atoms with Crippen molar-refractivity contribution in [3.8, 4) is 0 Å². The maximum Gasteiger partial charge on any atom is 0.118 e. The highest BCUT2D eigenvalue weighted by atomic mass is 14.7. The van der Waals surface area contributed by atoms with Gasteiger partial charge in [-0.05, 0) is 37.2 Å². The molecule has 0 saturated heterocycles. The number of amidine groups is 1. The lowest BCUT2D eigenvalue weighted by molar-refractivity contribution is 0.642. The number of allylic oxidation sites excluding steroid dienone is 1. The third-order valence-corrected chi connectivity index (χ3v) is 3.41. The van der Waals surface area contributed by atoms with E-state index in [0.717, 1.165) is 18.4 Å². The topological polar surface area (TPSA) is 49.9 Å². The Morgan fingerprint density at radius 2 is 1.39 bits per heavy atom. The minimum atomic E-state index is 0.285. The average Bonchev–Trinajstić information content (AvgIpc) is 2.28. The molecule has 0 bridgehead atoms. The van der Waals surface area contributed by atoms with Gasteiger partial charge in [0.1, 0.15) is 5.84 Å². The third-order valence-electron chi connectivity index (χ3n) is 3.41. The average molecular weight is 252 g/mol. The van der Waals surface area contributed by atoms with Crippen molar-refractivity contribution in [3.05, 3.63) is 11.1 Å². The van der Waals surface area contributed by atoms with Gasteiger partial charge in [-0.2, -0.15) is 0 Å². The summed E-state index contributed by atoms with van der Waals surface area (Å²) in [6.07, 6.45) is 9.79. The van der Waals surface area contributed by atoms with Crippen molar-refractivity contribution in [3.63, 3.8) is 0 Å². The van der Waals surface area contributed by atoms with Crippen molar-refractivity contribution < 1.29 is 0 Å². The molecule has 106 valence electrons. The molecular weight excluding hydrogens is 220 g/mol. The molecular formula is C16H32N2. The van der Waals surface area contributed by atoms with Crippen molar-refractivity contribution in [2.75, 3.05) is 0 Å². The second kappa shape index (κ2) is 10.2. The van der Waals surface area contributed by atoms with Gasteiger partial charge in [0.05, 0.1) is 0 Å². The Labute approximate surface area is 114 Å².